The molecule has 1 aliphatic heterocycles. The highest BCUT2D eigenvalue weighted by Crippen LogP contribution is 2.38. The number of ether oxygens (including phenoxy) is 1. The van der Waals surface area contributed by atoms with Crippen molar-refractivity contribution in [2.24, 2.45) is 5.92 Å². The molecule has 0 radical (unpaired) electrons. The summed E-state index contributed by atoms with van der Waals surface area (Å²) in [6.45, 7) is 2.86. The number of hydrogen-bond acceptors (Lipinski definition) is 6. The fourth-order valence-electron chi connectivity index (χ4n) is 3.64. The quantitative estimate of drug-likeness (QED) is 0.753. The molecule has 0 bridgehead atoms. The first-order chi connectivity index (χ1) is 13.0. The third kappa shape index (κ3) is 3.87. The predicted octanol–water partition coefficient (Wildman–Crippen LogP) is 2.91. The summed E-state index contributed by atoms with van der Waals surface area (Å²) in [7, 11) is -2.11. The maximum atomic E-state index is 13.2. The molecule has 1 atom stereocenters. The van der Waals surface area contributed by atoms with Crippen LogP contribution in [-0.2, 0) is 16.4 Å². The lowest BCUT2D eigenvalue weighted by atomic mass is 9.96. The van der Waals surface area contributed by atoms with Crippen molar-refractivity contribution in [1.29, 1.82) is 0 Å². The Bertz CT molecular complexity index is 921. The molecule has 0 spiro atoms. The number of methoxy groups -OCH3 is 1. The number of rotatable bonds is 6. The van der Waals surface area contributed by atoms with Gasteiger partial charge in [0, 0.05) is 25.4 Å². The Labute approximate surface area is 159 Å². The van der Waals surface area contributed by atoms with Gasteiger partial charge in [0.15, 0.2) is 5.82 Å². The maximum absolute atomic E-state index is 13.2. The zero-order valence-electron chi connectivity index (χ0n) is 15.7. The van der Waals surface area contributed by atoms with E-state index in [1.54, 1.807) is 16.4 Å². The number of nitrogens with zero attached hydrogens (tertiary/aromatic N) is 3. The minimum atomic E-state index is -3.61. The zero-order chi connectivity index (χ0) is 19.0. The van der Waals surface area contributed by atoms with Crippen LogP contribution in [0, 0.1) is 12.8 Å². The van der Waals surface area contributed by atoms with Gasteiger partial charge < -0.3 is 9.26 Å². The van der Waals surface area contributed by atoms with E-state index in [0.717, 1.165) is 37.1 Å². The van der Waals surface area contributed by atoms with Gasteiger partial charge in [-0.15, -0.1) is 0 Å². The Hall–Kier alpha value is -1.93. The Kier molecular flexibility index (Phi) is 4.94. The number of hydrogen-bond donors (Lipinski definition) is 0. The van der Waals surface area contributed by atoms with E-state index in [-0.39, 0.29) is 10.8 Å². The van der Waals surface area contributed by atoms with Crippen molar-refractivity contribution in [2.75, 3.05) is 20.2 Å². The van der Waals surface area contributed by atoms with Crippen molar-refractivity contribution in [2.45, 2.75) is 49.8 Å². The van der Waals surface area contributed by atoms with Crippen molar-refractivity contribution in [3.8, 4) is 5.75 Å². The van der Waals surface area contributed by atoms with Crippen LogP contribution < -0.4 is 4.74 Å². The van der Waals surface area contributed by atoms with E-state index in [9.17, 15) is 8.42 Å². The lowest BCUT2D eigenvalue weighted by Crippen LogP contribution is -2.40. The molecule has 2 aromatic rings. The number of piperidine rings is 1. The molecule has 1 aliphatic carbocycles. The molecule has 1 aromatic heterocycles. The van der Waals surface area contributed by atoms with Crippen LogP contribution in [0.1, 0.15) is 48.9 Å². The summed E-state index contributed by atoms with van der Waals surface area (Å²) in [6, 6.07) is 5.24. The van der Waals surface area contributed by atoms with Gasteiger partial charge in [-0.1, -0.05) is 11.2 Å². The Morgan fingerprint density at radius 2 is 2.11 bits per heavy atom. The van der Waals surface area contributed by atoms with E-state index >= 15 is 0 Å². The lowest BCUT2D eigenvalue weighted by molar-refractivity contribution is 0.246. The maximum Gasteiger partial charge on any atom is 0.246 e. The molecular formula is C19H25N3O4S. The fraction of sp³-hybridized carbons (Fsp3) is 0.579. The number of benzene rings is 1. The van der Waals surface area contributed by atoms with Crippen LogP contribution in [0.3, 0.4) is 0 Å². The van der Waals surface area contributed by atoms with Gasteiger partial charge in [-0.05, 0) is 56.2 Å². The summed E-state index contributed by atoms with van der Waals surface area (Å²) in [6.07, 6.45) is 4.66. The van der Waals surface area contributed by atoms with Gasteiger partial charge >= 0.3 is 0 Å². The van der Waals surface area contributed by atoms with Crippen LogP contribution in [0.5, 0.6) is 5.75 Å². The van der Waals surface area contributed by atoms with E-state index < -0.39 is 10.0 Å². The molecule has 0 N–H and O–H groups in total. The molecular weight excluding hydrogens is 366 g/mol. The van der Waals surface area contributed by atoms with Gasteiger partial charge in [0.2, 0.25) is 15.9 Å². The summed E-state index contributed by atoms with van der Waals surface area (Å²) < 4.78 is 38.7. The highest BCUT2D eigenvalue weighted by atomic mass is 32.2. The molecule has 2 fully saturated rings. The second-order valence-corrected chi connectivity index (χ2v) is 9.46. The molecule has 2 aliphatic rings. The summed E-state index contributed by atoms with van der Waals surface area (Å²) in [4.78, 5) is 4.72. The SMILES string of the molecule is COc1ccc(C)cc1S(=O)(=O)N1CCCC(Cc2nc(C3CC3)no2)C1. The first kappa shape index (κ1) is 18.4. The minimum absolute atomic E-state index is 0.178. The van der Waals surface area contributed by atoms with Crippen molar-refractivity contribution in [3.63, 3.8) is 0 Å². The normalized spacial score (nSPS) is 21.3. The van der Waals surface area contributed by atoms with Gasteiger partial charge in [-0.2, -0.15) is 9.29 Å². The van der Waals surface area contributed by atoms with E-state index in [1.165, 1.54) is 7.11 Å². The van der Waals surface area contributed by atoms with Crippen LogP contribution in [0.2, 0.25) is 0 Å². The molecule has 0 amide bonds. The Morgan fingerprint density at radius 3 is 2.85 bits per heavy atom. The van der Waals surface area contributed by atoms with E-state index in [1.807, 2.05) is 13.0 Å². The van der Waals surface area contributed by atoms with Gasteiger partial charge in [-0.3, -0.25) is 0 Å². The van der Waals surface area contributed by atoms with E-state index in [2.05, 4.69) is 10.1 Å². The second kappa shape index (κ2) is 7.24. The average molecular weight is 391 g/mol. The van der Waals surface area contributed by atoms with E-state index in [0.29, 0.717) is 37.1 Å². The van der Waals surface area contributed by atoms with Crippen LogP contribution in [0.4, 0.5) is 0 Å². The first-order valence-electron chi connectivity index (χ1n) is 9.44. The molecule has 1 saturated carbocycles. The van der Waals surface area contributed by atoms with Gasteiger partial charge in [-0.25, -0.2) is 8.42 Å². The predicted molar refractivity (Wildman–Crippen MR) is 99.2 cm³/mol. The van der Waals surface area contributed by atoms with Crippen LogP contribution in [0.15, 0.2) is 27.6 Å². The summed E-state index contributed by atoms with van der Waals surface area (Å²) >= 11 is 0. The van der Waals surface area contributed by atoms with Gasteiger partial charge in [0.1, 0.15) is 10.6 Å². The monoisotopic (exact) mass is 391 g/mol. The zero-order valence-corrected chi connectivity index (χ0v) is 16.5. The summed E-state index contributed by atoms with van der Waals surface area (Å²) in [5.74, 6) is 2.44. The topological polar surface area (TPSA) is 85.5 Å². The third-order valence-electron chi connectivity index (χ3n) is 5.31. The summed E-state index contributed by atoms with van der Waals surface area (Å²) in [5.41, 5.74) is 0.890. The molecule has 8 heteroatoms. The van der Waals surface area contributed by atoms with Crippen LogP contribution >= 0.6 is 0 Å². The van der Waals surface area contributed by atoms with Crippen molar-refractivity contribution in [1.82, 2.24) is 14.4 Å². The van der Waals surface area contributed by atoms with Crippen LogP contribution in [-0.4, -0.2) is 43.1 Å². The van der Waals surface area contributed by atoms with E-state index in [4.69, 9.17) is 9.26 Å². The number of sulfonamides is 1. The van der Waals surface area contributed by atoms with Crippen molar-refractivity contribution in [3.05, 3.63) is 35.5 Å². The Morgan fingerprint density at radius 1 is 1.30 bits per heavy atom. The average Bonchev–Trinajstić information content (AvgIpc) is 3.41. The van der Waals surface area contributed by atoms with Crippen molar-refractivity contribution >= 4 is 10.0 Å². The minimum Gasteiger partial charge on any atom is -0.495 e. The van der Waals surface area contributed by atoms with Crippen molar-refractivity contribution < 1.29 is 17.7 Å². The molecule has 7 nitrogen and oxygen atoms in total. The number of aromatic nitrogens is 2. The van der Waals surface area contributed by atoms with Gasteiger partial charge in [0.05, 0.1) is 7.11 Å². The molecule has 2 heterocycles. The smallest absolute Gasteiger partial charge is 0.246 e. The van der Waals surface area contributed by atoms with Crippen LogP contribution in [0.25, 0.3) is 0 Å². The molecule has 1 unspecified atom stereocenters. The standard InChI is InChI=1S/C19H25N3O4S/c1-13-5-8-16(25-2)17(10-13)27(23,24)22-9-3-4-14(12-22)11-18-20-19(21-26-18)15-6-7-15/h5,8,10,14-15H,3-4,6-7,9,11-12H2,1-2H3. The third-order valence-corrected chi connectivity index (χ3v) is 7.19. The molecule has 146 valence electrons. The molecule has 1 aromatic carbocycles. The summed E-state index contributed by atoms with van der Waals surface area (Å²) in [5, 5.41) is 4.06. The second-order valence-electron chi connectivity index (χ2n) is 7.55. The highest BCUT2D eigenvalue weighted by Gasteiger charge is 2.34. The molecule has 4 rings (SSSR count). The lowest BCUT2D eigenvalue weighted by Gasteiger charge is -2.31. The highest BCUT2D eigenvalue weighted by molar-refractivity contribution is 7.89. The first-order valence-corrected chi connectivity index (χ1v) is 10.9. The fourth-order valence-corrected chi connectivity index (χ4v) is 5.44. The molecule has 1 saturated heterocycles. The largest absolute Gasteiger partial charge is 0.495 e. The number of aryl methyl sites for hydroxylation is 1. The Balaban J connectivity index is 1.50. The molecule has 27 heavy (non-hydrogen) atoms. The van der Waals surface area contributed by atoms with Gasteiger partial charge in [0.25, 0.3) is 0 Å².